The van der Waals surface area contributed by atoms with E-state index in [4.69, 9.17) is 50.0 Å². The first kappa shape index (κ1) is 21.2. The summed E-state index contributed by atoms with van der Waals surface area (Å²) in [7, 11) is 0. The van der Waals surface area contributed by atoms with Crippen LogP contribution in [0.15, 0.2) is 66.1 Å². The van der Waals surface area contributed by atoms with Crippen molar-refractivity contribution < 1.29 is 14.6 Å². The molecule has 8 heteroatoms. The van der Waals surface area contributed by atoms with Crippen molar-refractivity contribution in [1.29, 1.82) is 5.26 Å². The third-order valence-corrected chi connectivity index (χ3v) is 5.82. The summed E-state index contributed by atoms with van der Waals surface area (Å²) in [5, 5.41) is 20.6. The second-order valence-electron chi connectivity index (χ2n) is 6.84. The first-order valence-corrected chi connectivity index (χ1v) is 10.3. The Balaban J connectivity index is 1.72. The fraction of sp³-hybridized carbons (Fsp3) is 0.0870. The van der Waals surface area contributed by atoms with E-state index in [1.807, 2.05) is 18.2 Å². The molecule has 1 heterocycles. The quantitative estimate of drug-likeness (QED) is 0.474. The number of aromatic hydroxyl groups is 1. The van der Waals surface area contributed by atoms with Crippen LogP contribution in [0, 0.1) is 11.3 Å². The zero-order valence-corrected chi connectivity index (χ0v) is 18.2. The minimum absolute atomic E-state index is 0.0186. The maximum atomic E-state index is 9.78. The Kier molecular flexibility index (Phi) is 5.88. The second kappa shape index (κ2) is 8.60. The van der Waals surface area contributed by atoms with Crippen molar-refractivity contribution in [3.8, 4) is 23.3 Å². The molecule has 31 heavy (non-hydrogen) atoms. The Morgan fingerprint density at radius 1 is 1.03 bits per heavy atom. The van der Waals surface area contributed by atoms with Gasteiger partial charge in [0.25, 0.3) is 0 Å². The Bertz CT molecular complexity index is 1230. The third kappa shape index (κ3) is 4.11. The monoisotopic (exact) mass is 472 g/mol. The third-order valence-electron chi connectivity index (χ3n) is 4.89. The van der Waals surface area contributed by atoms with Gasteiger partial charge in [-0.2, -0.15) is 5.26 Å². The molecule has 1 atom stereocenters. The highest BCUT2D eigenvalue weighted by Gasteiger charge is 2.32. The highest BCUT2D eigenvalue weighted by molar-refractivity contribution is 6.37. The number of nitrogens with two attached hydrogens (primary N) is 1. The summed E-state index contributed by atoms with van der Waals surface area (Å²) in [6, 6.07) is 17.4. The van der Waals surface area contributed by atoms with E-state index in [0.717, 1.165) is 5.56 Å². The molecule has 0 amide bonds. The number of phenolic OH excluding ortho intramolecular Hbond substituents is 1. The van der Waals surface area contributed by atoms with Crippen molar-refractivity contribution in [2.45, 2.75) is 12.5 Å². The number of fused-ring (bicyclic) bond motifs is 1. The van der Waals surface area contributed by atoms with E-state index in [1.54, 1.807) is 24.3 Å². The number of rotatable bonds is 4. The molecule has 3 aromatic rings. The number of hydrogen-bond donors (Lipinski definition) is 2. The molecule has 0 aliphatic carbocycles. The van der Waals surface area contributed by atoms with Gasteiger partial charge >= 0.3 is 0 Å². The van der Waals surface area contributed by atoms with E-state index in [9.17, 15) is 10.4 Å². The van der Waals surface area contributed by atoms with Crippen LogP contribution in [0.5, 0.6) is 17.2 Å². The minimum atomic E-state index is -0.568. The van der Waals surface area contributed by atoms with Crippen LogP contribution in [0.3, 0.4) is 0 Å². The molecule has 5 nitrogen and oxygen atoms in total. The van der Waals surface area contributed by atoms with Crippen LogP contribution in [0.25, 0.3) is 0 Å². The fourth-order valence-corrected chi connectivity index (χ4v) is 4.24. The van der Waals surface area contributed by atoms with E-state index in [0.29, 0.717) is 27.6 Å². The van der Waals surface area contributed by atoms with Crippen molar-refractivity contribution in [1.82, 2.24) is 0 Å². The summed E-state index contributed by atoms with van der Waals surface area (Å²) in [6.45, 7) is 0.189. The molecule has 156 valence electrons. The molecule has 0 spiro atoms. The minimum Gasteiger partial charge on any atom is -0.508 e. The molecule has 0 saturated carbocycles. The largest absolute Gasteiger partial charge is 0.508 e. The van der Waals surface area contributed by atoms with Crippen LogP contribution in [-0.4, -0.2) is 5.11 Å². The predicted molar refractivity (Wildman–Crippen MR) is 120 cm³/mol. The Labute approximate surface area is 193 Å². The van der Waals surface area contributed by atoms with Gasteiger partial charge in [0, 0.05) is 22.2 Å². The maximum absolute atomic E-state index is 9.78. The summed E-state index contributed by atoms with van der Waals surface area (Å²) >= 11 is 19.2. The fourth-order valence-electron chi connectivity index (χ4n) is 3.44. The summed E-state index contributed by atoms with van der Waals surface area (Å²) in [5.41, 5.74) is 8.26. The zero-order chi connectivity index (χ0) is 22.1. The van der Waals surface area contributed by atoms with Crippen LogP contribution in [0.2, 0.25) is 15.1 Å². The van der Waals surface area contributed by atoms with Gasteiger partial charge in [-0.15, -0.1) is 0 Å². The molecule has 0 saturated heterocycles. The summed E-state index contributed by atoms with van der Waals surface area (Å²) in [4.78, 5) is 0. The highest BCUT2D eigenvalue weighted by Crippen LogP contribution is 2.46. The number of halogens is 3. The van der Waals surface area contributed by atoms with Crippen molar-refractivity contribution >= 4 is 34.8 Å². The highest BCUT2D eigenvalue weighted by atomic mass is 35.5. The van der Waals surface area contributed by atoms with E-state index in [2.05, 4.69) is 6.07 Å². The van der Waals surface area contributed by atoms with Crippen LogP contribution in [-0.2, 0) is 6.61 Å². The number of allylic oxidation sites excluding steroid dienone is 1. The Hall–Kier alpha value is -3.04. The van der Waals surface area contributed by atoms with Gasteiger partial charge in [-0.25, -0.2) is 0 Å². The summed E-state index contributed by atoms with van der Waals surface area (Å²) < 4.78 is 11.4. The molecular weight excluding hydrogens is 459 g/mol. The van der Waals surface area contributed by atoms with Crippen molar-refractivity contribution in [3.63, 3.8) is 0 Å². The van der Waals surface area contributed by atoms with E-state index >= 15 is 0 Å². The van der Waals surface area contributed by atoms with Crippen LogP contribution >= 0.6 is 34.8 Å². The van der Waals surface area contributed by atoms with Gasteiger partial charge in [0.15, 0.2) is 5.75 Å². The lowest BCUT2D eigenvalue weighted by Crippen LogP contribution is -2.21. The van der Waals surface area contributed by atoms with Crippen molar-refractivity contribution in [2.75, 3.05) is 0 Å². The first-order valence-electron chi connectivity index (χ1n) is 9.14. The Morgan fingerprint density at radius 2 is 1.74 bits per heavy atom. The first-order chi connectivity index (χ1) is 14.9. The molecule has 3 N–H and O–H groups in total. The number of benzene rings is 3. The van der Waals surface area contributed by atoms with Gasteiger partial charge in [0.1, 0.15) is 29.7 Å². The van der Waals surface area contributed by atoms with Crippen LogP contribution in [0.4, 0.5) is 0 Å². The predicted octanol–water partition coefficient (Wildman–Crippen LogP) is 6.15. The average Bonchev–Trinajstić information content (AvgIpc) is 2.73. The summed E-state index contributed by atoms with van der Waals surface area (Å²) in [6.07, 6.45) is 0. The lowest BCUT2D eigenvalue weighted by Gasteiger charge is -2.27. The molecule has 4 rings (SSSR count). The smallest absolute Gasteiger partial charge is 0.205 e. The topological polar surface area (TPSA) is 88.5 Å². The SMILES string of the molecule is N#CC1=C(N)Oc2cc(O)ccc2[C@@H]1c1cc(Cl)c(OCc2ccccc2Cl)c(Cl)c1. The van der Waals surface area contributed by atoms with Crippen molar-refractivity contribution in [2.24, 2.45) is 5.73 Å². The Morgan fingerprint density at radius 3 is 2.42 bits per heavy atom. The number of phenols is 1. The van der Waals surface area contributed by atoms with Gasteiger partial charge in [0.05, 0.1) is 16.0 Å². The van der Waals surface area contributed by atoms with Crippen LogP contribution < -0.4 is 15.2 Å². The van der Waals surface area contributed by atoms with Gasteiger partial charge in [-0.3, -0.25) is 0 Å². The molecule has 0 radical (unpaired) electrons. The summed E-state index contributed by atoms with van der Waals surface area (Å²) in [5.74, 6) is 0.0668. The molecule has 0 unspecified atom stereocenters. The van der Waals surface area contributed by atoms with E-state index in [1.165, 1.54) is 12.1 Å². The van der Waals surface area contributed by atoms with E-state index in [-0.39, 0.29) is 33.9 Å². The lowest BCUT2D eigenvalue weighted by atomic mass is 9.83. The molecule has 0 aromatic heterocycles. The standard InChI is InChI=1S/C23H15Cl3N2O3/c24-17-4-2-1-3-12(17)11-30-22-18(25)7-13(8-19(22)26)21-15-6-5-14(29)9-20(15)31-23(28)16(21)10-27/h1-9,21,29H,11,28H2/t21-/m0/s1. The van der Waals surface area contributed by atoms with Gasteiger partial charge in [0.2, 0.25) is 5.88 Å². The number of ether oxygens (including phenoxy) is 2. The molecule has 0 bridgehead atoms. The molecular formula is C23H15Cl3N2O3. The van der Waals surface area contributed by atoms with Crippen LogP contribution in [0.1, 0.15) is 22.6 Å². The lowest BCUT2D eigenvalue weighted by molar-refractivity contribution is 0.306. The second-order valence-corrected chi connectivity index (χ2v) is 8.06. The number of nitrogens with zero attached hydrogens (tertiary/aromatic N) is 1. The van der Waals surface area contributed by atoms with Gasteiger partial charge in [-0.05, 0) is 29.8 Å². The van der Waals surface area contributed by atoms with Gasteiger partial charge < -0.3 is 20.3 Å². The number of hydrogen-bond acceptors (Lipinski definition) is 5. The van der Waals surface area contributed by atoms with Crippen molar-refractivity contribution in [3.05, 3.63) is 97.8 Å². The molecule has 3 aromatic carbocycles. The van der Waals surface area contributed by atoms with E-state index < -0.39 is 5.92 Å². The average molecular weight is 474 g/mol. The zero-order valence-electron chi connectivity index (χ0n) is 15.9. The molecule has 0 fully saturated rings. The normalized spacial score (nSPS) is 15.1. The maximum Gasteiger partial charge on any atom is 0.205 e. The molecule has 1 aliphatic rings. The number of nitriles is 1. The van der Waals surface area contributed by atoms with Gasteiger partial charge in [-0.1, -0.05) is 59.1 Å². The molecule has 1 aliphatic heterocycles.